The zero-order valence-corrected chi connectivity index (χ0v) is 7.54. The van der Waals surface area contributed by atoms with Crippen LogP contribution in [0.1, 0.15) is 11.6 Å². The topological polar surface area (TPSA) is 15.3 Å². The van der Waals surface area contributed by atoms with E-state index in [2.05, 4.69) is 48.6 Å². The molecular weight excluding hydrogens is 148 g/mol. The highest BCUT2D eigenvalue weighted by Crippen LogP contribution is 2.31. The van der Waals surface area contributed by atoms with Crippen molar-refractivity contribution in [3.63, 3.8) is 0 Å². The maximum absolute atomic E-state index is 3.39. The fraction of sp³-hybridized carbons (Fsp3) is 0.400. The van der Waals surface area contributed by atoms with Crippen LogP contribution in [0.4, 0.5) is 5.69 Å². The lowest BCUT2D eigenvalue weighted by molar-refractivity contribution is 0.321. The van der Waals surface area contributed by atoms with Crippen LogP contribution in [-0.2, 0) is 0 Å². The molecule has 1 aromatic carbocycles. The molecule has 2 nitrogen and oxygen atoms in total. The van der Waals surface area contributed by atoms with Gasteiger partial charge in [0.25, 0.3) is 0 Å². The first-order valence-corrected chi connectivity index (χ1v) is 4.28. The van der Waals surface area contributed by atoms with Crippen molar-refractivity contribution in [1.29, 1.82) is 0 Å². The summed E-state index contributed by atoms with van der Waals surface area (Å²) in [6, 6.07) is 9.05. The lowest BCUT2D eigenvalue weighted by Gasteiger charge is -2.18. The van der Waals surface area contributed by atoms with Gasteiger partial charge in [-0.05, 0) is 25.7 Å². The molecule has 0 aliphatic carbocycles. The molecule has 1 aliphatic heterocycles. The Morgan fingerprint density at radius 2 is 2.08 bits per heavy atom. The minimum absolute atomic E-state index is 0.543. The van der Waals surface area contributed by atoms with Gasteiger partial charge in [-0.2, -0.15) is 0 Å². The van der Waals surface area contributed by atoms with Crippen molar-refractivity contribution < 1.29 is 0 Å². The van der Waals surface area contributed by atoms with Crippen LogP contribution in [0, 0.1) is 0 Å². The van der Waals surface area contributed by atoms with E-state index in [9.17, 15) is 0 Å². The summed E-state index contributed by atoms with van der Waals surface area (Å²) in [6.45, 7) is 1.03. The van der Waals surface area contributed by atoms with Crippen molar-refractivity contribution in [3.05, 3.63) is 29.8 Å². The van der Waals surface area contributed by atoms with Gasteiger partial charge in [-0.1, -0.05) is 18.2 Å². The van der Waals surface area contributed by atoms with E-state index in [-0.39, 0.29) is 0 Å². The summed E-state index contributed by atoms with van der Waals surface area (Å²) < 4.78 is 0. The summed E-state index contributed by atoms with van der Waals surface area (Å²) in [5.41, 5.74) is 2.71. The number of hydrogen-bond acceptors (Lipinski definition) is 2. The SMILES string of the molecule is CN(C)C1CNc2ccccc21. The quantitative estimate of drug-likeness (QED) is 0.676. The van der Waals surface area contributed by atoms with Crippen molar-refractivity contribution >= 4 is 5.69 Å². The highest BCUT2D eigenvalue weighted by Gasteiger charge is 2.22. The molecule has 0 saturated heterocycles. The summed E-state index contributed by atoms with van der Waals surface area (Å²) >= 11 is 0. The summed E-state index contributed by atoms with van der Waals surface area (Å²) in [5.74, 6) is 0. The lowest BCUT2D eigenvalue weighted by atomic mass is 10.1. The Morgan fingerprint density at radius 3 is 2.83 bits per heavy atom. The minimum Gasteiger partial charge on any atom is -0.383 e. The van der Waals surface area contributed by atoms with Crippen LogP contribution in [0.2, 0.25) is 0 Å². The Labute approximate surface area is 73.2 Å². The lowest BCUT2D eigenvalue weighted by Crippen LogP contribution is -2.21. The molecule has 0 spiro atoms. The van der Waals surface area contributed by atoms with Crippen LogP contribution >= 0.6 is 0 Å². The predicted octanol–water partition coefficient (Wildman–Crippen LogP) is 1.71. The van der Waals surface area contributed by atoms with Crippen LogP contribution < -0.4 is 5.32 Å². The van der Waals surface area contributed by atoms with E-state index in [4.69, 9.17) is 0 Å². The second kappa shape index (κ2) is 2.79. The Hall–Kier alpha value is -1.02. The van der Waals surface area contributed by atoms with E-state index in [1.54, 1.807) is 0 Å². The Kier molecular flexibility index (Phi) is 1.77. The van der Waals surface area contributed by atoms with Gasteiger partial charge in [0.15, 0.2) is 0 Å². The number of nitrogens with zero attached hydrogens (tertiary/aromatic N) is 1. The molecule has 1 N–H and O–H groups in total. The van der Waals surface area contributed by atoms with Crippen LogP contribution in [0.3, 0.4) is 0 Å². The first-order chi connectivity index (χ1) is 5.79. The molecular formula is C10H14N2. The van der Waals surface area contributed by atoms with Crippen molar-refractivity contribution in [3.8, 4) is 0 Å². The van der Waals surface area contributed by atoms with Crippen molar-refractivity contribution in [2.24, 2.45) is 0 Å². The average molecular weight is 162 g/mol. The first-order valence-electron chi connectivity index (χ1n) is 4.28. The van der Waals surface area contributed by atoms with Gasteiger partial charge in [0, 0.05) is 12.2 Å². The molecule has 0 radical (unpaired) electrons. The minimum atomic E-state index is 0.543. The van der Waals surface area contributed by atoms with Crippen molar-refractivity contribution in [2.45, 2.75) is 6.04 Å². The largest absolute Gasteiger partial charge is 0.383 e. The third-order valence-corrected chi connectivity index (χ3v) is 2.43. The maximum Gasteiger partial charge on any atom is 0.0536 e. The van der Waals surface area contributed by atoms with E-state index in [1.807, 2.05) is 0 Å². The number of fused-ring (bicyclic) bond motifs is 1. The number of benzene rings is 1. The van der Waals surface area contributed by atoms with Gasteiger partial charge in [-0.15, -0.1) is 0 Å². The second-order valence-corrected chi connectivity index (χ2v) is 3.45. The summed E-state index contributed by atoms with van der Waals surface area (Å²) in [6.07, 6.45) is 0. The highest BCUT2D eigenvalue weighted by atomic mass is 15.1. The summed E-state index contributed by atoms with van der Waals surface area (Å²) in [5, 5.41) is 3.39. The zero-order chi connectivity index (χ0) is 8.55. The number of nitrogens with one attached hydrogen (secondary N) is 1. The van der Waals surface area contributed by atoms with E-state index in [0.29, 0.717) is 6.04 Å². The van der Waals surface area contributed by atoms with Crippen molar-refractivity contribution in [1.82, 2.24) is 4.90 Å². The van der Waals surface area contributed by atoms with Gasteiger partial charge < -0.3 is 10.2 Å². The smallest absolute Gasteiger partial charge is 0.0536 e. The van der Waals surface area contributed by atoms with Crippen LogP contribution in [0.15, 0.2) is 24.3 Å². The molecule has 1 heterocycles. The molecule has 12 heavy (non-hydrogen) atoms. The van der Waals surface area contributed by atoms with Gasteiger partial charge in [0.1, 0.15) is 0 Å². The van der Waals surface area contributed by atoms with Gasteiger partial charge in [-0.3, -0.25) is 0 Å². The average Bonchev–Trinajstić information content (AvgIpc) is 2.47. The number of hydrogen-bond donors (Lipinski definition) is 1. The number of likely N-dealkylation sites (N-methyl/N-ethyl adjacent to an activating group) is 1. The van der Waals surface area contributed by atoms with Crippen LogP contribution in [0.25, 0.3) is 0 Å². The van der Waals surface area contributed by atoms with Gasteiger partial charge in [-0.25, -0.2) is 0 Å². The Morgan fingerprint density at radius 1 is 1.33 bits per heavy atom. The standard InChI is InChI=1S/C10H14N2/c1-12(2)10-7-11-9-6-4-3-5-8(9)10/h3-6,10-11H,7H2,1-2H3. The van der Waals surface area contributed by atoms with Crippen LogP contribution in [0.5, 0.6) is 0 Å². The van der Waals surface area contributed by atoms with E-state index in [1.165, 1.54) is 11.3 Å². The van der Waals surface area contributed by atoms with Gasteiger partial charge in [0.05, 0.1) is 6.04 Å². The molecule has 1 unspecified atom stereocenters. The number of anilines is 1. The monoisotopic (exact) mass is 162 g/mol. The van der Waals surface area contributed by atoms with Gasteiger partial charge >= 0.3 is 0 Å². The normalized spacial score (nSPS) is 20.8. The molecule has 0 amide bonds. The molecule has 64 valence electrons. The summed E-state index contributed by atoms with van der Waals surface area (Å²) in [7, 11) is 4.24. The first kappa shape index (κ1) is 7.62. The highest BCUT2D eigenvalue weighted by molar-refractivity contribution is 5.57. The fourth-order valence-corrected chi connectivity index (χ4v) is 1.73. The third kappa shape index (κ3) is 1.08. The fourth-order valence-electron chi connectivity index (χ4n) is 1.73. The molecule has 0 fully saturated rings. The van der Waals surface area contributed by atoms with E-state index >= 15 is 0 Å². The van der Waals surface area contributed by atoms with E-state index in [0.717, 1.165) is 6.54 Å². The van der Waals surface area contributed by atoms with Crippen LogP contribution in [-0.4, -0.2) is 25.5 Å². The predicted molar refractivity (Wildman–Crippen MR) is 51.4 cm³/mol. The molecule has 1 aromatic rings. The molecule has 2 heteroatoms. The second-order valence-electron chi connectivity index (χ2n) is 3.45. The Balaban J connectivity index is 2.36. The molecule has 0 saturated carbocycles. The van der Waals surface area contributed by atoms with E-state index < -0.39 is 0 Å². The maximum atomic E-state index is 3.39. The molecule has 0 bridgehead atoms. The molecule has 1 atom stereocenters. The molecule has 2 rings (SSSR count). The summed E-state index contributed by atoms with van der Waals surface area (Å²) in [4.78, 5) is 2.25. The Bertz CT molecular complexity index is 281. The number of para-hydroxylation sites is 1. The van der Waals surface area contributed by atoms with Crippen molar-refractivity contribution in [2.75, 3.05) is 26.0 Å². The molecule has 0 aromatic heterocycles. The third-order valence-electron chi connectivity index (χ3n) is 2.43. The zero-order valence-electron chi connectivity index (χ0n) is 7.54. The van der Waals surface area contributed by atoms with Gasteiger partial charge in [0.2, 0.25) is 0 Å². The molecule has 1 aliphatic rings. The number of rotatable bonds is 1.